The third-order valence-electron chi connectivity index (χ3n) is 6.48. The molecule has 4 aromatic carbocycles. The van der Waals surface area contributed by atoms with Crippen molar-refractivity contribution in [2.75, 3.05) is 17.3 Å². The number of Topliss-reactive ketones (excluding diaryl/α,β-unsaturated/α-hetero) is 1. The van der Waals surface area contributed by atoms with E-state index in [-0.39, 0.29) is 26.9 Å². The van der Waals surface area contributed by atoms with E-state index in [1.54, 1.807) is 12.1 Å². The number of ketones is 1. The maximum Gasteiger partial charge on any atom is 0.300 e. The van der Waals surface area contributed by atoms with Gasteiger partial charge >= 0.3 is 0 Å². The minimum absolute atomic E-state index is 0.0891. The van der Waals surface area contributed by atoms with Crippen LogP contribution in [-0.2, 0) is 9.59 Å². The second-order valence-electron chi connectivity index (χ2n) is 9.09. The molecule has 1 aliphatic rings. The Hall–Kier alpha value is -4.26. The van der Waals surface area contributed by atoms with Crippen molar-refractivity contribution in [3.8, 4) is 5.75 Å². The van der Waals surface area contributed by atoms with Gasteiger partial charge in [-0.25, -0.2) is 0 Å². The van der Waals surface area contributed by atoms with E-state index < -0.39 is 23.5 Å². The van der Waals surface area contributed by atoms with Gasteiger partial charge in [0.25, 0.3) is 11.7 Å². The molecule has 1 atom stereocenters. The number of benzene rings is 4. The minimum atomic E-state index is -0.903. The second kappa shape index (κ2) is 10.8. The number of carbonyl (C=O) groups excluding carboxylic acids is 2. The molecule has 0 aliphatic carbocycles. The first-order valence-corrected chi connectivity index (χ1v) is 12.9. The first-order valence-electron chi connectivity index (χ1n) is 12.1. The van der Waals surface area contributed by atoms with Gasteiger partial charge in [-0.2, -0.15) is 0 Å². The summed E-state index contributed by atoms with van der Waals surface area (Å²) in [5.74, 6) is -1.88. The van der Waals surface area contributed by atoms with Crippen LogP contribution in [0.25, 0.3) is 5.76 Å². The molecule has 8 heteroatoms. The fraction of sp³-hybridized carbons (Fsp3) is 0.0968. The van der Waals surface area contributed by atoms with E-state index in [9.17, 15) is 14.7 Å². The van der Waals surface area contributed by atoms with E-state index >= 15 is 0 Å². The van der Waals surface area contributed by atoms with Crippen LogP contribution in [-0.4, -0.2) is 23.9 Å². The molecular weight excluding hydrogens is 535 g/mol. The molecule has 4 aromatic rings. The lowest BCUT2D eigenvalue weighted by atomic mass is 9.94. The van der Waals surface area contributed by atoms with Crippen molar-refractivity contribution in [3.05, 3.63) is 123 Å². The number of aliphatic hydroxyl groups excluding tert-OH is 1. The van der Waals surface area contributed by atoms with Gasteiger partial charge in [-0.3, -0.25) is 14.5 Å². The van der Waals surface area contributed by atoms with Crippen molar-refractivity contribution in [2.24, 2.45) is 0 Å². The SMILES string of the molecule is COc1c(Cl)cc(Cl)cc1/C(O)=C1\C(=O)C(=O)N(c2ccc(Nc3ccccc3)cc2)C1c1cccc(C)c1. The standard InChI is InChI=1S/C31H24Cl2N2O4/c1-18-7-6-8-19(15-18)27-26(28(36)24-16-20(32)17-25(33)30(24)39-2)29(37)31(38)35(27)23-13-11-22(12-14-23)34-21-9-4-3-5-10-21/h3-17,27,34,36H,1-2H3/b28-26+. The number of hydrogen-bond acceptors (Lipinski definition) is 5. The molecule has 196 valence electrons. The first kappa shape index (κ1) is 26.4. The largest absolute Gasteiger partial charge is 0.507 e. The third kappa shape index (κ3) is 5.09. The molecule has 1 fully saturated rings. The summed E-state index contributed by atoms with van der Waals surface area (Å²) in [5, 5.41) is 15.2. The lowest BCUT2D eigenvalue weighted by molar-refractivity contribution is -0.132. The Balaban J connectivity index is 1.64. The highest BCUT2D eigenvalue weighted by Crippen LogP contribution is 2.45. The zero-order valence-electron chi connectivity index (χ0n) is 21.1. The zero-order chi connectivity index (χ0) is 27.7. The Kier molecular flexibility index (Phi) is 7.33. The Morgan fingerprint density at radius 3 is 2.26 bits per heavy atom. The first-order chi connectivity index (χ1) is 18.8. The van der Waals surface area contributed by atoms with Crippen molar-refractivity contribution < 1.29 is 19.4 Å². The fourth-order valence-electron chi connectivity index (χ4n) is 4.74. The molecule has 0 radical (unpaired) electrons. The number of aryl methyl sites for hydroxylation is 1. The molecule has 0 aromatic heterocycles. The maximum atomic E-state index is 13.5. The summed E-state index contributed by atoms with van der Waals surface area (Å²) in [6.45, 7) is 1.92. The van der Waals surface area contributed by atoms with Gasteiger partial charge in [-0.15, -0.1) is 0 Å². The van der Waals surface area contributed by atoms with E-state index in [4.69, 9.17) is 27.9 Å². The molecule has 1 aliphatic heterocycles. The zero-order valence-corrected chi connectivity index (χ0v) is 22.6. The minimum Gasteiger partial charge on any atom is -0.507 e. The van der Waals surface area contributed by atoms with Crippen molar-refractivity contribution in [1.29, 1.82) is 0 Å². The number of rotatable bonds is 6. The van der Waals surface area contributed by atoms with Gasteiger partial charge in [-0.1, -0.05) is 71.2 Å². The number of aliphatic hydroxyl groups is 1. The van der Waals surface area contributed by atoms with Crippen LogP contribution in [0, 0.1) is 6.92 Å². The Morgan fingerprint density at radius 1 is 0.897 bits per heavy atom. The predicted molar refractivity (Wildman–Crippen MR) is 155 cm³/mol. The topological polar surface area (TPSA) is 78.9 Å². The van der Waals surface area contributed by atoms with Crippen molar-refractivity contribution >= 4 is 57.7 Å². The Bertz CT molecular complexity index is 1600. The summed E-state index contributed by atoms with van der Waals surface area (Å²) in [6, 6.07) is 26.3. The summed E-state index contributed by atoms with van der Waals surface area (Å²) in [6.07, 6.45) is 0. The molecular formula is C31H24Cl2N2O4. The fourth-order valence-corrected chi connectivity index (χ4v) is 5.31. The lowest BCUT2D eigenvalue weighted by Gasteiger charge is -2.26. The van der Waals surface area contributed by atoms with Crippen LogP contribution in [0.1, 0.15) is 22.7 Å². The van der Waals surface area contributed by atoms with E-state index in [2.05, 4.69) is 5.32 Å². The van der Waals surface area contributed by atoms with Crippen LogP contribution in [0.15, 0.2) is 96.6 Å². The number of anilines is 3. The smallest absolute Gasteiger partial charge is 0.300 e. The number of nitrogens with zero attached hydrogens (tertiary/aromatic N) is 1. The molecule has 1 heterocycles. The molecule has 1 saturated heterocycles. The monoisotopic (exact) mass is 558 g/mol. The highest BCUT2D eigenvalue weighted by molar-refractivity contribution is 6.52. The van der Waals surface area contributed by atoms with Crippen molar-refractivity contribution in [1.82, 2.24) is 0 Å². The van der Waals surface area contributed by atoms with Crippen LogP contribution in [0.3, 0.4) is 0 Å². The molecule has 39 heavy (non-hydrogen) atoms. The second-order valence-corrected chi connectivity index (χ2v) is 9.93. The molecule has 0 bridgehead atoms. The molecule has 2 N–H and O–H groups in total. The maximum absolute atomic E-state index is 13.5. The van der Waals surface area contributed by atoms with Gasteiger partial charge in [0.2, 0.25) is 0 Å². The number of nitrogens with one attached hydrogen (secondary N) is 1. The summed E-state index contributed by atoms with van der Waals surface area (Å²) in [5.41, 5.74) is 3.85. The lowest BCUT2D eigenvalue weighted by Crippen LogP contribution is -2.29. The third-order valence-corrected chi connectivity index (χ3v) is 6.98. The highest BCUT2D eigenvalue weighted by atomic mass is 35.5. The Labute approximate surface area is 236 Å². The number of hydrogen-bond donors (Lipinski definition) is 2. The van der Waals surface area contributed by atoms with Crippen molar-refractivity contribution in [2.45, 2.75) is 13.0 Å². The quantitative estimate of drug-likeness (QED) is 0.144. The number of halogens is 2. The molecule has 1 unspecified atom stereocenters. The van der Waals surface area contributed by atoms with E-state index in [1.807, 2.05) is 73.7 Å². The Morgan fingerprint density at radius 2 is 1.59 bits per heavy atom. The van der Waals surface area contributed by atoms with Gasteiger partial charge in [0, 0.05) is 22.1 Å². The normalized spacial score (nSPS) is 16.4. The van der Waals surface area contributed by atoms with Gasteiger partial charge in [0.15, 0.2) is 0 Å². The number of amides is 1. The van der Waals surface area contributed by atoms with Gasteiger partial charge in [-0.05, 0) is 61.0 Å². The molecule has 0 saturated carbocycles. The van der Waals surface area contributed by atoms with E-state index in [0.29, 0.717) is 11.3 Å². The summed E-state index contributed by atoms with van der Waals surface area (Å²) < 4.78 is 5.41. The summed E-state index contributed by atoms with van der Waals surface area (Å²) in [7, 11) is 1.40. The molecule has 1 amide bonds. The summed E-state index contributed by atoms with van der Waals surface area (Å²) >= 11 is 12.5. The van der Waals surface area contributed by atoms with E-state index in [0.717, 1.165) is 16.9 Å². The van der Waals surface area contributed by atoms with Crippen LogP contribution in [0.2, 0.25) is 10.0 Å². The molecule has 6 nitrogen and oxygen atoms in total. The number of methoxy groups -OCH3 is 1. The van der Waals surface area contributed by atoms with Gasteiger partial charge < -0.3 is 15.2 Å². The van der Waals surface area contributed by atoms with Crippen molar-refractivity contribution in [3.63, 3.8) is 0 Å². The number of carbonyl (C=O) groups is 2. The molecule has 0 spiro atoms. The summed E-state index contributed by atoms with van der Waals surface area (Å²) in [4.78, 5) is 28.4. The van der Waals surface area contributed by atoms with Crippen LogP contribution in [0.4, 0.5) is 17.1 Å². The van der Waals surface area contributed by atoms with Crippen LogP contribution in [0.5, 0.6) is 5.75 Å². The molecule has 5 rings (SSSR count). The number of para-hydroxylation sites is 1. The average Bonchev–Trinajstić information content (AvgIpc) is 3.19. The van der Waals surface area contributed by atoms with Crippen LogP contribution >= 0.6 is 23.2 Å². The highest BCUT2D eigenvalue weighted by Gasteiger charge is 2.47. The van der Waals surface area contributed by atoms with Crippen LogP contribution < -0.4 is 15.0 Å². The van der Waals surface area contributed by atoms with Gasteiger partial charge in [0.05, 0.1) is 29.3 Å². The van der Waals surface area contributed by atoms with E-state index in [1.165, 1.54) is 24.1 Å². The number of ether oxygens (including phenoxy) is 1. The predicted octanol–water partition coefficient (Wildman–Crippen LogP) is 7.68. The van der Waals surface area contributed by atoms with Gasteiger partial charge in [0.1, 0.15) is 11.5 Å². The average molecular weight is 559 g/mol.